The van der Waals surface area contributed by atoms with E-state index >= 15 is 0 Å². The molecular formula is C22H23ClFN5O3. The molecule has 1 aromatic carbocycles. The summed E-state index contributed by atoms with van der Waals surface area (Å²) in [6, 6.07) is 6.11. The van der Waals surface area contributed by atoms with E-state index in [0.29, 0.717) is 54.1 Å². The minimum atomic E-state index is -0.375. The van der Waals surface area contributed by atoms with Gasteiger partial charge in [0, 0.05) is 32.4 Å². The highest BCUT2D eigenvalue weighted by Gasteiger charge is 2.24. The fourth-order valence-corrected chi connectivity index (χ4v) is 3.89. The quantitative estimate of drug-likeness (QED) is 0.488. The van der Waals surface area contributed by atoms with Crippen LogP contribution in [0.5, 0.6) is 0 Å². The van der Waals surface area contributed by atoms with Gasteiger partial charge in [0.2, 0.25) is 5.89 Å². The Morgan fingerprint density at radius 2 is 1.88 bits per heavy atom. The van der Waals surface area contributed by atoms with E-state index in [1.165, 1.54) is 16.7 Å². The molecule has 0 N–H and O–H groups in total. The van der Waals surface area contributed by atoms with Gasteiger partial charge >= 0.3 is 5.69 Å². The highest BCUT2D eigenvalue weighted by atomic mass is 35.5. The highest BCUT2D eigenvalue weighted by Crippen LogP contribution is 2.24. The van der Waals surface area contributed by atoms with Crippen molar-refractivity contribution in [2.45, 2.75) is 58.5 Å². The van der Waals surface area contributed by atoms with Gasteiger partial charge in [0.1, 0.15) is 16.8 Å². The number of nitrogens with zero attached hydrogens (tertiary/aromatic N) is 5. The third kappa shape index (κ3) is 4.72. The van der Waals surface area contributed by atoms with E-state index in [2.05, 4.69) is 15.1 Å². The van der Waals surface area contributed by atoms with Gasteiger partial charge in [0.05, 0.1) is 5.56 Å². The van der Waals surface area contributed by atoms with E-state index in [4.69, 9.17) is 16.1 Å². The third-order valence-electron chi connectivity index (χ3n) is 5.33. The van der Waals surface area contributed by atoms with Crippen molar-refractivity contribution >= 4 is 22.6 Å². The van der Waals surface area contributed by atoms with E-state index in [0.717, 1.165) is 18.4 Å². The molecule has 4 rings (SSSR count). The smallest absolute Gasteiger partial charge is 0.332 e. The molecule has 0 spiro atoms. The number of aliphatic imine (C=N–C) groups is 1. The Hall–Kier alpha value is -3.07. The molecule has 0 saturated carbocycles. The van der Waals surface area contributed by atoms with Crippen molar-refractivity contribution in [1.29, 1.82) is 0 Å². The first kappa shape index (κ1) is 22.1. The monoisotopic (exact) mass is 459 g/mol. The van der Waals surface area contributed by atoms with Gasteiger partial charge in [-0.3, -0.25) is 13.9 Å². The Morgan fingerprint density at radius 1 is 1.12 bits per heavy atom. The zero-order valence-electron chi connectivity index (χ0n) is 17.7. The van der Waals surface area contributed by atoms with Crippen molar-refractivity contribution in [2.75, 3.05) is 0 Å². The molecule has 0 amide bonds. The summed E-state index contributed by atoms with van der Waals surface area (Å²) in [6.45, 7) is 2.75. The van der Waals surface area contributed by atoms with Crippen LogP contribution in [0.15, 0.2) is 43.4 Å². The SMILES string of the molecule is CCCCn1c2c(c(=O)n(CCCc3nc(Cc4ccc(F)cc4)no3)c1=O)CC(Cl)=N2. The molecule has 8 nitrogen and oxygen atoms in total. The van der Waals surface area contributed by atoms with Crippen molar-refractivity contribution in [3.63, 3.8) is 0 Å². The summed E-state index contributed by atoms with van der Waals surface area (Å²) in [6.07, 6.45) is 3.29. The molecule has 2 aromatic heterocycles. The van der Waals surface area contributed by atoms with Crippen molar-refractivity contribution in [3.8, 4) is 0 Å². The normalized spacial score (nSPS) is 12.8. The van der Waals surface area contributed by atoms with Gasteiger partial charge in [0.15, 0.2) is 5.82 Å². The number of aryl methyl sites for hydroxylation is 1. The van der Waals surface area contributed by atoms with Gasteiger partial charge < -0.3 is 4.52 Å². The molecule has 0 atom stereocenters. The zero-order valence-corrected chi connectivity index (χ0v) is 18.4. The second-order valence-electron chi connectivity index (χ2n) is 7.72. The summed E-state index contributed by atoms with van der Waals surface area (Å²) in [4.78, 5) is 34.4. The standard InChI is InChI=1S/C22H23ClFN5O3/c1-2-3-10-28-20-16(13-17(23)25-20)21(30)29(22(28)31)11-4-5-19-26-18(27-32-19)12-14-6-8-15(24)9-7-14/h6-9H,2-5,10-13H2,1H3. The first-order valence-corrected chi connectivity index (χ1v) is 11.0. The first-order chi connectivity index (χ1) is 15.5. The van der Waals surface area contributed by atoms with Gasteiger partial charge in [-0.1, -0.05) is 42.2 Å². The maximum atomic E-state index is 13.0. The maximum Gasteiger partial charge on any atom is 0.332 e. The Morgan fingerprint density at radius 3 is 2.62 bits per heavy atom. The van der Waals surface area contributed by atoms with E-state index in [1.807, 2.05) is 6.92 Å². The predicted octanol–water partition coefficient (Wildman–Crippen LogP) is 3.38. The lowest BCUT2D eigenvalue weighted by Gasteiger charge is -2.13. The lowest BCUT2D eigenvalue weighted by atomic mass is 10.1. The van der Waals surface area contributed by atoms with E-state index in [9.17, 15) is 14.0 Å². The second kappa shape index (κ2) is 9.60. The number of fused-ring (bicyclic) bond motifs is 1. The summed E-state index contributed by atoms with van der Waals surface area (Å²) < 4.78 is 21.1. The lowest BCUT2D eigenvalue weighted by molar-refractivity contribution is 0.366. The van der Waals surface area contributed by atoms with Crippen molar-refractivity contribution in [1.82, 2.24) is 19.3 Å². The average Bonchev–Trinajstić information content (AvgIpc) is 3.38. The van der Waals surface area contributed by atoms with Gasteiger partial charge in [-0.2, -0.15) is 4.98 Å². The van der Waals surface area contributed by atoms with E-state index < -0.39 is 0 Å². The molecule has 1 aliphatic rings. The molecule has 1 aliphatic heterocycles. The van der Waals surface area contributed by atoms with Crippen LogP contribution in [-0.2, 0) is 32.4 Å². The van der Waals surface area contributed by atoms with Crippen LogP contribution in [0, 0.1) is 5.82 Å². The highest BCUT2D eigenvalue weighted by molar-refractivity contribution is 6.66. The molecule has 3 aromatic rings. The van der Waals surface area contributed by atoms with Crippen LogP contribution in [0.25, 0.3) is 0 Å². The third-order valence-corrected chi connectivity index (χ3v) is 5.55. The number of hydrogen-bond acceptors (Lipinski definition) is 6. The molecule has 168 valence electrons. The van der Waals surface area contributed by atoms with Gasteiger partial charge in [-0.15, -0.1) is 0 Å². The fraction of sp³-hybridized carbons (Fsp3) is 0.409. The largest absolute Gasteiger partial charge is 0.339 e. The molecule has 0 fully saturated rings. The Balaban J connectivity index is 1.45. The molecule has 0 aliphatic carbocycles. The average molecular weight is 460 g/mol. The van der Waals surface area contributed by atoms with E-state index in [-0.39, 0.29) is 30.0 Å². The Kier molecular flexibility index (Phi) is 6.64. The molecule has 0 bridgehead atoms. The fourth-order valence-electron chi connectivity index (χ4n) is 3.68. The van der Waals surface area contributed by atoms with Crippen molar-refractivity contribution < 1.29 is 8.91 Å². The summed E-state index contributed by atoms with van der Waals surface area (Å²) in [5.41, 5.74) is 0.613. The number of unbranched alkanes of at least 4 members (excludes halogenated alkanes) is 1. The number of benzene rings is 1. The summed E-state index contributed by atoms with van der Waals surface area (Å²) in [5.74, 6) is 1.01. The first-order valence-electron chi connectivity index (χ1n) is 10.6. The Labute approximate surface area is 188 Å². The van der Waals surface area contributed by atoms with Crippen LogP contribution in [0.4, 0.5) is 10.2 Å². The number of halogens is 2. The van der Waals surface area contributed by atoms with Crippen LogP contribution in [-0.4, -0.2) is 24.4 Å². The predicted molar refractivity (Wildman–Crippen MR) is 118 cm³/mol. The second-order valence-corrected chi connectivity index (χ2v) is 8.16. The summed E-state index contributed by atoms with van der Waals surface area (Å²) in [7, 11) is 0. The number of aromatic nitrogens is 4. The van der Waals surface area contributed by atoms with Crippen LogP contribution in [0.1, 0.15) is 49.0 Å². The zero-order chi connectivity index (χ0) is 22.7. The van der Waals surface area contributed by atoms with Crippen LogP contribution < -0.4 is 11.2 Å². The van der Waals surface area contributed by atoms with Gasteiger partial charge in [-0.05, 0) is 30.5 Å². The molecule has 32 heavy (non-hydrogen) atoms. The van der Waals surface area contributed by atoms with Crippen LogP contribution in [0.3, 0.4) is 0 Å². The Bertz CT molecular complexity index is 1260. The number of hydrogen-bond donors (Lipinski definition) is 0. The molecular weight excluding hydrogens is 437 g/mol. The summed E-state index contributed by atoms with van der Waals surface area (Å²) >= 11 is 6.05. The van der Waals surface area contributed by atoms with Crippen LogP contribution in [0.2, 0.25) is 0 Å². The van der Waals surface area contributed by atoms with Crippen LogP contribution >= 0.6 is 11.6 Å². The minimum absolute atomic E-state index is 0.227. The molecule has 0 saturated heterocycles. The van der Waals surface area contributed by atoms with Crippen molar-refractivity contribution in [2.24, 2.45) is 4.99 Å². The minimum Gasteiger partial charge on any atom is -0.339 e. The number of rotatable bonds is 9. The molecule has 0 radical (unpaired) electrons. The lowest BCUT2D eigenvalue weighted by Crippen LogP contribution is -2.41. The van der Waals surface area contributed by atoms with Crippen molar-refractivity contribution in [3.05, 3.63) is 73.8 Å². The van der Waals surface area contributed by atoms with Gasteiger partial charge in [-0.25, -0.2) is 14.2 Å². The molecule has 0 unspecified atom stereocenters. The van der Waals surface area contributed by atoms with E-state index in [1.54, 1.807) is 16.7 Å². The van der Waals surface area contributed by atoms with Gasteiger partial charge in [0.25, 0.3) is 5.56 Å². The summed E-state index contributed by atoms with van der Waals surface area (Å²) in [5, 5.41) is 4.27. The molecule has 3 heterocycles. The maximum absolute atomic E-state index is 13.0. The topological polar surface area (TPSA) is 95.3 Å². The molecule has 10 heteroatoms.